The van der Waals surface area contributed by atoms with E-state index in [-0.39, 0.29) is 27.3 Å². The minimum absolute atomic E-state index is 0.0222. The second-order valence-corrected chi connectivity index (χ2v) is 12.9. The van der Waals surface area contributed by atoms with Crippen molar-refractivity contribution in [1.82, 2.24) is 15.0 Å². The Morgan fingerprint density at radius 2 is 1.89 bits per heavy atom. The van der Waals surface area contributed by atoms with Gasteiger partial charge in [-0.15, -0.1) is 11.8 Å². The van der Waals surface area contributed by atoms with E-state index in [0.29, 0.717) is 0 Å². The number of carbonyl (C=O) groups is 1. The van der Waals surface area contributed by atoms with Crippen LogP contribution in [-0.4, -0.2) is 72.4 Å². The fourth-order valence-corrected chi connectivity index (χ4v) is 6.24. The lowest BCUT2D eigenvalue weighted by atomic mass is 9.83. The van der Waals surface area contributed by atoms with Gasteiger partial charge in [0.15, 0.2) is 0 Å². The minimum Gasteiger partial charge on any atom is -0.444 e. The molecule has 1 heterocycles. The molecule has 14 heteroatoms. The Morgan fingerprint density at radius 1 is 1.24 bits per heavy atom. The molecule has 0 aromatic carbocycles. The van der Waals surface area contributed by atoms with Crippen LogP contribution in [0.15, 0.2) is 22.1 Å². The van der Waals surface area contributed by atoms with Gasteiger partial charge < -0.3 is 25.6 Å². The molecular formula is C23H38F2N4O6S2. The van der Waals surface area contributed by atoms with Crippen LogP contribution in [0.1, 0.15) is 59.8 Å². The SMILES string of the molecule is C[C@H](O)CSc1cc(N[C@@H](O)[C@@H](NC(=O)OC(C)(C)C)C2CCCCC2)ncc1S(=O)(=O)NCC(F)F. The Morgan fingerprint density at radius 3 is 2.46 bits per heavy atom. The molecule has 0 aliphatic heterocycles. The lowest BCUT2D eigenvalue weighted by Gasteiger charge is -2.35. The number of aliphatic hydroxyl groups is 2. The van der Waals surface area contributed by atoms with Gasteiger partial charge in [0.2, 0.25) is 10.0 Å². The summed E-state index contributed by atoms with van der Waals surface area (Å²) < 4.78 is 57.6. The highest BCUT2D eigenvalue weighted by atomic mass is 32.2. The van der Waals surface area contributed by atoms with Gasteiger partial charge in [-0.1, -0.05) is 19.3 Å². The lowest BCUT2D eigenvalue weighted by Crippen LogP contribution is -2.52. The quantitative estimate of drug-likeness (QED) is 0.189. The number of aliphatic hydroxyl groups excluding tert-OH is 2. The maximum Gasteiger partial charge on any atom is 0.408 e. The van der Waals surface area contributed by atoms with Gasteiger partial charge in [0.05, 0.1) is 24.9 Å². The highest BCUT2D eigenvalue weighted by Gasteiger charge is 2.33. The highest BCUT2D eigenvalue weighted by molar-refractivity contribution is 8.00. The fraction of sp³-hybridized carbons (Fsp3) is 0.739. The third-order valence-corrected chi connectivity index (χ3v) is 8.38. The van der Waals surface area contributed by atoms with E-state index in [0.717, 1.165) is 50.1 Å². The number of hydrogen-bond acceptors (Lipinski definition) is 9. The number of carbonyl (C=O) groups excluding carboxylic acids is 1. The number of alkyl carbamates (subject to hydrolysis) is 1. The number of anilines is 1. The van der Waals surface area contributed by atoms with E-state index >= 15 is 0 Å². The van der Waals surface area contributed by atoms with Crippen LogP contribution in [0.4, 0.5) is 19.4 Å². The number of sulfonamides is 1. The van der Waals surface area contributed by atoms with Crippen LogP contribution < -0.4 is 15.4 Å². The van der Waals surface area contributed by atoms with Gasteiger partial charge in [0.25, 0.3) is 6.43 Å². The molecule has 5 N–H and O–H groups in total. The van der Waals surface area contributed by atoms with Crippen molar-refractivity contribution in [3.63, 3.8) is 0 Å². The number of alkyl halides is 2. The second kappa shape index (κ2) is 13.9. The van der Waals surface area contributed by atoms with Gasteiger partial charge in [-0.05, 0) is 52.5 Å². The van der Waals surface area contributed by atoms with Gasteiger partial charge in [0.1, 0.15) is 22.5 Å². The lowest BCUT2D eigenvalue weighted by molar-refractivity contribution is 0.0366. The van der Waals surface area contributed by atoms with Gasteiger partial charge in [-0.2, -0.15) is 0 Å². The number of halogens is 2. The number of amides is 1. The third-order valence-electron chi connectivity index (χ3n) is 5.51. The summed E-state index contributed by atoms with van der Waals surface area (Å²) in [5, 5.41) is 26.3. The zero-order valence-electron chi connectivity index (χ0n) is 21.5. The Labute approximate surface area is 221 Å². The predicted molar refractivity (Wildman–Crippen MR) is 137 cm³/mol. The van der Waals surface area contributed by atoms with Crippen LogP contribution in [-0.2, 0) is 14.8 Å². The number of ether oxygens (including phenoxy) is 1. The van der Waals surface area contributed by atoms with Gasteiger partial charge in [0, 0.05) is 10.6 Å². The van der Waals surface area contributed by atoms with Crippen molar-refractivity contribution in [3.8, 4) is 0 Å². The average molecular weight is 569 g/mol. The van der Waals surface area contributed by atoms with Crippen LogP contribution in [0.5, 0.6) is 0 Å². The number of rotatable bonds is 12. The number of aromatic nitrogens is 1. The molecule has 1 amide bonds. The molecule has 0 unspecified atom stereocenters. The molecule has 1 saturated carbocycles. The molecule has 1 aromatic heterocycles. The zero-order valence-corrected chi connectivity index (χ0v) is 23.2. The maximum absolute atomic E-state index is 12.6. The molecule has 0 bridgehead atoms. The number of thioether (sulfide) groups is 1. The Hall–Kier alpha value is -1.74. The maximum atomic E-state index is 12.6. The van der Waals surface area contributed by atoms with Crippen molar-refractivity contribution in [3.05, 3.63) is 12.3 Å². The molecule has 37 heavy (non-hydrogen) atoms. The van der Waals surface area contributed by atoms with Crippen LogP contribution in [0.3, 0.4) is 0 Å². The van der Waals surface area contributed by atoms with Crippen LogP contribution in [0, 0.1) is 5.92 Å². The summed E-state index contributed by atoms with van der Waals surface area (Å²) in [6.45, 7) is 5.68. The summed E-state index contributed by atoms with van der Waals surface area (Å²) >= 11 is 1.00. The highest BCUT2D eigenvalue weighted by Crippen LogP contribution is 2.31. The topological polar surface area (TPSA) is 150 Å². The van der Waals surface area contributed by atoms with E-state index in [2.05, 4.69) is 15.6 Å². The first kappa shape index (κ1) is 31.5. The summed E-state index contributed by atoms with van der Waals surface area (Å²) in [4.78, 5) is 16.4. The van der Waals surface area contributed by atoms with Crippen molar-refractivity contribution < 1.29 is 36.9 Å². The smallest absolute Gasteiger partial charge is 0.408 e. The normalized spacial score (nSPS) is 17.8. The van der Waals surface area contributed by atoms with E-state index in [1.165, 1.54) is 13.0 Å². The summed E-state index contributed by atoms with van der Waals surface area (Å²) in [5.41, 5.74) is -0.725. The molecule has 3 atom stereocenters. The first-order valence-electron chi connectivity index (χ1n) is 12.2. The Balaban J connectivity index is 2.29. The van der Waals surface area contributed by atoms with E-state index in [1.807, 2.05) is 4.72 Å². The molecule has 0 saturated heterocycles. The average Bonchev–Trinajstić information content (AvgIpc) is 2.79. The predicted octanol–water partition coefficient (Wildman–Crippen LogP) is 3.30. The second-order valence-electron chi connectivity index (χ2n) is 10.1. The van der Waals surface area contributed by atoms with Crippen molar-refractivity contribution in [2.45, 2.75) is 100.0 Å². The molecule has 1 fully saturated rings. The monoisotopic (exact) mass is 568 g/mol. The summed E-state index contributed by atoms with van der Waals surface area (Å²) in [6.07, 6.45) is 0.00355. The van der Waals surface area contributed by atoms with Crippen LogP contribution >= 0.6 is 11.8 Å². The molecule has 2 rings (SSSR count). The fourth-order valence-electron chi connectivity index (χ4n) is 3.91. The standard InChI is InChI=1S/C23H38F2N4O6S2/c1-14(30)13-36-16-10-19(26-11-17(16)37(33,34)27-12-18(24)25)28-21(31)20(15-8-6-5-7-9-15)29-22(32)35-23(2,3)4/h10-11,14-15,18,20-21,27,30-31H,5-9,12-13H2,1-4H3,(H,26,28)(H,29,32)/t14-,20-,21-/m0/s1. The number of nitrogens with zero attached hydrogens (tertiary/aromatic N) is 1. The first-order chi connectivity index (χ1) is 17.2. The van der Waals surface area contributed by atoms with E-state index in [1.54, 1.807) is 20.8 Å². The zero-order chi connectivity index (χ0) is 27.8. The minimum atomic E-state index is -4.30. The number of nitrogens with one attached hydrogen (secondary N) is 3. The molecule has 1 aliphatic carbocycles. The number of pyridine rings is 1. The molecule has 212 valence electrons. The molecule has 0 radical (unpaired) electrons. The first-order valence-corrected chi connectivity index (χ1v) is 14.7. The van der Waals surface area contributed by atoms with Crippen LogP contribution in [0.25, 0.3) is 0 Å². The Bertz CT molecular complexity index is 986. The van der Waals surface area contributed by atoms with E-state index in [4.69, 9.17) is 4.74 Å². The molecule has 10 nitrogen and oxygen atoms in total. The van der Waals surface area contributed by atoms with Gasteiger partial charge in [-0.25, -0.2) is 31.7 Å². The molecule has 0 spiro atoms. The van der Waals surface area contributed by atoms with Gasteiger partial charge >= 0.3 is 6.09 Å². The van der Waals surface area contributed by atoms with E-state index in [9.17, 15) is 32.2 Å². The third kappa shape index (κ3) is 10.9. The molecular weight excluding hydrogens is 530 g/mol. The molecule has 1 aromatic rings. The summed E-state index contributed by atoms with van der Waals surface area (Å²) in [5.74, 6) is 0.222. The summed E-state index contributed by atoms with van der Waals surface area (Å²) in [7, 11) is -4.30. The summed E-state index contributed by atoms with van der Waals surface area (Å²) in [6, 6.07) is 0.653. The Kier molecular flexibility index (Phi) is 11.8. The van der Waals surface area contributed by atoms with Crippen molar-refractivity contribution >= 4 is 33.7 Å². The van der Waals surface area contributed by atoms with Gasteiger partial charge in [-0.3, -0.25) is 0 Å². The number of hydrogen-bond donors (Lipinski definition) is 5. The molecule has 1 aliphatic rings. The van der Waals surface area contributed by atoms with Crippen LogP contribution in [0.2, 0.25) is 0 Å². The van der Waals surface area contributed by atoms with Crippen molar-refractivity contribution in [2.75, 3.05) is 17.6 Å². The van der Waals surface area contributed by atoms with Crippen molar-refractivity contribution in [2.24, 2.45) is 5.92 Å². The van der Waals surface area contributed by atoms with E-state index < -0.39 is 53.1 Å². The van der Waals surface area contributed by atoms with Crippen molar-refractivity contribution in [1.29, 1.82) is 0 Å². The largest absolute Gasteiger partial charge is 0.444 e.